The lowest BCUT2D eigenvalue weighted by molar-refractivity contribution is -0.123. The first-order chi connectivity index (χ1) is 14.0. The number of primary amides is 1. The summed E-state index contributed by atoms with van der Waals surface area (Å²) < 4.78 is 5.53. The van der Waals surface area contributed by atoms with Crippen LogP contribution in [0, 0.1) is 0 Å². The maximum atomic E-state index is 12.6. The lowest BCUT2D eigenvalue weighted by atomic mass is 9.99. The molecule has 0 unspecified atom stereocenters. The summed E-state index contributed by atoms with van der Waals surface area (Å²) in [4.78, 5) is 24.1. The molecule has 0 spiro atoms. The van der Waals surface area contributed by atoms with Crippen molar-refractivity contribution in [2.24, 2.45) is 5.73 Å². The molecule has 3 rings (SSSR count). The minimum absolute atomic E-state index is 0.134. The molecule has 5 nitrogen and oxygen atoms in total. The van der Waals surface area contributed by atoms with Gasteiger partial charge in [0.25, 0.3) is 11.8 Å². The third kappa shape index (κ3) is 5.83. The van der Waals surface area contributed by atoms with Crippen LogP contribution in [0.25, 0.3) is 0 Å². The fraction of sp³-hybridized carbons (Fsp3) is 0.130. The molecule has 0 saturated heterocycles. The number of amides is 2. The van der Waals surface area contributed by atoms with Gasteiger partial charge >= 0.3 is 0 Å². The largest absolute Gasteiger partial charge is 0.483 e. The second kappa shape index (κ2) is 9.75. The van der Waals surface area contributed by atoms with Crippen LogP contribution in [-0.4, -0.2) is 18.4 Å². The van der Waals surface area contributed by atoms with Crippen LogP contribution in [-0.2, 0) is 11.2 Å². The minimum atomic E-state index is -0.672. The third-order valence-electron chi connectivity index (χ3n) is 4.39. The second-order valence-corrected chi connectivity index (χ2v) is 6.95. The molecular weight excluding hydrogens is 388 g/mol. The van der Waals surface area contributed by atoms with Crippen molar-refractivity contribution < 1.29 is 14.3 Å². The third-order valence-corrected chi connectivity index (χ3v) is 4.62. The smallest absolute Gasteiger partial charge is 0.258 e. The van der Waals surface area contributed by atoms with E-state index in [1.54, 1.807) is 6.07 Å². The zero-order chi connectivity index (χ0) is 20.6. The molecule has 0 fully saturated rings. The summed E-state index contributed by atoms with van der Waals surface area (Å²) in [6.07, 6.45) is 0.643. The number of benzene rings is 3. The van der Waals surface area contributed by atoms with Crippen LogP contribution in [0.2, 0.25) is 5.02 Å². The molecule has 148 valence electrons. The van der Waals surface area contributed by atoms with Crippen LogP contribution < -0.4 is 15.8 Å². The zero-order valence-corrected chi connectivity index (χ0v) is 16.4. The Labute approximate surface area is 174 Å². The summed E-state index contributed by atoms with van der Waals surface area (Å²) in [5, 5.41) is 3.37. The Morgan fingerprint density at radius 2 is 1.62 bits per heavy atom. The van der Waals surface area contributed by atoms with Gasteiger partial charge in [-0.3, -0.25) is 9.59 Å². The van der Waals surface area contributed by atoms with Gasteiger partial charge in [0.15, 0.2) is 6.61 Å². The van der Waals surface area contributed by atoms with Crippen molar-refractivity contribution in [1.82, 2.24) is 5.32 Å². The molecule has 2 amide bonds. The highest BCUT2D eigenvalue weighted by atomic mass is 35.5. The summed E-state index contributed by atoms with van der Waals surface area (Å²) in [6, 6.07) is 24.0. The fourth-order valence-electron chi connectivity index (χ4n) is 2.99. The molecule has 0 radical (unpaired) electrons. The van der Waals surface area contributed by atoms with Crippen LogP contribution in [0.1, 0.15) is 27.5 Å². The Morgan fingerprint density at radius 1 is 0.966 bits per heavy atom. The topological polar surface area (TPSA) is 81.4 Å². The lowest BCUT2D eigenvalue weighted by Crippen LogP contribution is -2.34. The molecule has 0 aliphatic rings. The predicted octanol–water partition coefficient (Wildman–Crippen LogP) is 3.92. The summed E-state index contributed by atoms with van der Waals surface area (Å²) >= 11 is 5.89. The van der Waals surface area contributed by atoms with Gasteiger partial charge in [-0.15, -0.1) is 0 Å². The van der Waals surface area contributed by atoms with Gasteiger partial charge in [0.2, 0.25) is 0 Å². The number of ether oxygens (including phenoxy) is 1. The standard InChI is InChI=1S/C23H21ClN2O3/c24-18-11-12-21(19(14-18)23(25)28)29-15-22(27)26-20(17-9-5-2-6-10-17)13-16-7-3-1-4-8-16/h1-12,14,20H,13,15H2,(H2,25,28)(H,26,27)/t20-/m1/s1. The first kappa shape index (κ1) is 20.4. The highest BCUT2D eigenvalue weighted by molar-refractivity contribution is 6.31. The van der Waals surface area contributed by atoms with Crippen molar-refractivity contribution in [3.8, 4) is 5.75 Å². The SMILES string of the molecule is NC(=O)c1cc(Cl)ccc1OCC(=O)N[C@H](Cc1ccccc1)c1ccccc1. The molecule has 3 aromatic carbocycles. The van der Waals surface area contributed by atoms with Crippen molar-refractivity contribution in [2.75, 3.05) is 6.61 Å². The summed E-state index contributed by atoms with van der Waals surface area (Å²) in [7, 11) is 0. The Morgan fingerprint density at radius 3 is 2.28 bits per heavy atom. The van der Waals surface area contributed by atoms with Gasteiger partial charge in [0, 0.05) is 5.02 Å². The van der Waals surface area contributed by atoms with E-state index >= 15 is 0 Å². The maximum absolute atomic E-state index is 12.6. The molecule has 0 aromatic heterocycles. The first-order valence-electron chi connectivity index (χ1n) is 9.13. The number of nitrogens with one attached hydrogen (secondary N) is 1. The summed E-state index contributed by atoms with van der Waals surface area (Å²) in [5.41, 5.74) is 7.59. The summed E-state index contributed by atoms with van der Waals surface area (Å²) in [6.45, 7) is -0.250. The molecule has 0 heterocycles. The second-order valence-electron chi connectivity index (χ2n) is 6.51. The highest BCUT2D eigenvalue weighted by Crippen LogP contribution is 2.23. The first-order valence-corrected chi connectivity index (χ1v) is 9.51. The number of hydrogen-bond donors (Lipinski definition) is 2. The molecule has 0 aliphatic heterocycles. The van der Waals surface area contributed by atoms with E-state index in [1.807, 2.05) is 60.7 Å². The van der Waals surface area contributed by atoms with Crippen LogP contribution >= 0.6 is 11.6 Å². The van der Waals surface area contributed by atoms with Gasteiger partial charge in [-0.05, 0) is 35.7 Å². The summed E-state index contributed by atoms with van der Waals surface area (Å²) in [5.74, 6) is -0.759. The number of carbonyl (C=O) groups is 2. The van der Waals surface area contributed by atoms with Crippen molar-refractivity contribution >= 4 is 23.4 Å². The van der Waals surface area contributed by atoms with Crippen LogP contribution in [0.5, 0.6) is 5.75 Å². The van der Waals surface area contributed by atoms with Gasteiger partial charge in [-0.25, -0.2) is 0 Å². The van der Waals surface area contributed by atoms with Crippen molar-refractivity contribution in [1.29, 1.82) is 0 Å². The van der Waals surface area contributed by atoms with Crippen LogP contribution in [0.15, 0.2) is 78.9 Å². The molecule has 0 saturated carbocycles. The molecule has 0 bridgehead atoms. The molecule has 3 aromatic rings. The Balaban J connectivity index is 1.70. The number of rotatable bonds is 8. The average molecular weight is 409 g/mol. The fourth-order valence-corrected chi connectivity index (χ4v) is 3.16. The van der Waals surface area contributed by atoms with Gasteiger partial charge in [0.1, 0.15) is 5.75 Å². The number of nitrogens with two attached hydrogens (primary N) is 1. The predicted molar refractivity (Wildman–Crippen MR) is 113 cm³/mol. The van der Waals surface area contributed by atoms with Gasteiger partial charge in [-0.1, -0.05) is 72.3 Å². The van der Waals surface area contributed by atoms with Crippen LogP contribution in [0.4, 0.5) is 0 Å². The van der Waals surface area contributed by atoms with E-state index < -0.39 is 5.91 Å². The maximum Gasteiger partial charge on any atom is 0.258 e. The monoisotopic (exact) mass is 408 g/mol. The molecule has 3 N–H and O–H groups in total. The van der Waals surface area contributed by atoms with E-state index in [-0.39, 0.29) is 29.9 Å². The van der Waals surface area contributed by atoms with Crippen LogP contribution in [0.3, 0.4) is 0 Å². The quantitative estimate of drug-likeness (QED) is 0.592. The number of halogens is 1. The van der Waals surface area contributed by atoms with E-state index in [2.05, 4.69) is 5.32 Å². The van der Waals surface area contributed by atoms with Crippen molar-refractivity contribution in [3.63, 3.8) is 0 Å². The van der Waals surface area contributed by atoms with E-state index in [0.29, 0.717) is 11.4 Å². The Hall–Kier alpha value is -3.31. The van der Waals surface area contributed by atoms with Gasteiger partial charge in [0.05, 0.1) is 11.6 Å². The van der Waals surface area contributed by atoms with E-state index in [4.69, 9.17) is 22.1 Å². The normalized spacial score (nSPS) is 11.5. The van der Waals surface area contributed by atoms with E-state index in [0.717, 1.165) is 11.1 Å². The van der Waals surface area contributed by atoms with E-state index in [9.17, 15) is 9.59 Å². The molecule has 0 aliphatic carbocycles. The zero-order valence-electron chi connectivity index (χ0n) is 15.7. The highest BCUT2D eigenvalue weighted by Gasteiger charge is 2.17. The Bertz CT molecular complexity index is 978. The van der Waals surface area contributed by atoms with Crippen molar-refractivity contribution in [2.45, 2.75) is 12.5 Å². The number of carbonyl (C=O) groups excluding carboxylic acids is 2. The molecule has 6 heteroatoms. The number of hydrogen-bond acceptors (Lipinski definition) is 3. The average Bonchev–Trinajstić information content (AvgIpc) is 2.73. The molecule has 29 heavy (non-hydrogen) atoms. The molecular formula is C23H21ClN2O3. The van der Waals surface area contributed by atoms with Gasteiger partial charge in [-0.2, -0.15) is 0 Å². The van der Waals surface area contributed by atoms with Gasteiger partial charge < -0.3 is 15.8 Å². The Kier molecular flexibility index (Phi) is 6.87. The van der Waals surface area contributed by atoms with Crippen molar-refractivity contribution in [3.05, 3.63) is 101 Å². The lowest BCUT2D eigenvalue weighted by Gasteiger charge is -2.20. The minimum Gasteiger partial charge on any atom is -0.483 e. The molecule has 1 atom stereocenters. The van der Waals surface area contributed by atoms with E-state index in [1.165, 1.54) is 12.1 Å².